The number of ketones is 1. The molecule has 0 radical (unpaired) electrons. The number of benzene rings is 1. The summed E-state index contributed by atoms with van der Waals surface area (Å²) in [5, 5.41) is 9.87. The molecule has 0 aromatic heterocycles. The summed E-state index contributed by atoms with van der Waals surface area (Å²) in [7, 11) is 0. The molecule has 0 heterocycles. The zero-order valence-corrected chi connectivity index (χ0v) is 11.1. The molecule has 0 N–H and O–H groups in total. The van der Waals surface area contributed by atoms with Crippen LogP contribution in [-0.2, 0) is 0 Å². The molecule has 0 saturated heterocycles. The van der Waals surface area contributed by atoms with Gasteiger partial charge in [0.2, 0.25) is 0 Å². The van der Waals surface area contributed by atoms with Gasteiger partial charge in [-0.05, 0) is 44.5 Å². The van der Waals surface area contributed by atoms with Gasteiger partial charge in [-0.2, -0.15) is 5.11 Å². The molecule has 1 aromatic rings. The number of Topliss-reactive ketones (excluding diaryl/α,β-unsaturated/α-hetero) is 1. The number of hydrogen-bond donors (Lipinski definition) is 0. The van der Waals surface area contributed by atoms with Gasteiger partial charge in [-0.25, -0.2) is 5.01 Å². The average molecular weight is 245 g/mol. The Labute approximate surface area is 108 Å². The van der Waals surface area contributed by atoms with E-state index in [0.717, 1.165) is 12.1 Å². The zero-order chi connectivity index (χ0) is 13.5. The summed E-state index contributed by atoms with van der Waals surface area (Å²) >= 11 is 0. The fraction of sp³-hybridized carbons (Fsp3) is 0.357. The molecule has 1 atom stereocenters. The highest BCUT2D eigenvalue weighted by Crippen LogP contribution is 2.17. The van der Waals surface area contributed by atoms with E-state index in [9.17, 15) is 4.79 Å². The van der Waals surface area contributed by atoms with Gasteiger partial charge in [0.15, 0.2) is 5.78 Å². The second-order valence-electron chi connectivity index (χ2n) is 4.09. The highest BCUT2D eigenvalue weighted by Gasteiger charge is 2.04. The van der Waals surface area contributed by atoms with Gasteiger partial charge in [0.05, 0.1) is 11.7 Å². The second kappa shape index (κ2) is 6.69. The van der Waals surface area contributed by atoms with E-state index in [1.54, 1.807) is 30.3 Å². The summed E-state index contributed by atoms with van der Waals surface area (Å²) in [5.41, 5.74) is 1.52. The summed E-state index contributed by atoms with van der Waals surface area (Å²) in [6.07, 6.45) is 2.53. The predicted molar refractivity (Wildman–Crippen MR) is 73.7 cm³/mol. The van der Waals surface area contributed by atoms with Crippen LogP contribution in [0.25, 0.3) is 0 Å². The lowest BCUT2D eigenvalue weighted by Gasteiger charge is -2.13. The quantitative estimate of drug-likeness (QED) is 0.432. The molecule has 0 aliphatic rings. The summed E-state index contributed by atoms with van der Waals surface area (Å²) in [6, 6.07) is 7.38. The molecule has 0 saturated carbocycles. The van der Waals surface area contributed by atoms with Crippen molar-refractivity contribution >= 4 is 11.5 Å². The molecule has 0 aliphatic carbocycles. The lowest BCUT2D eigenvalue weighted by molar-refractivity contribution is 0.101. The fourth-order valence-electron chi connectivity index (χ4n) is 1.27. The Kier molecular flexibility index (Phi) is 5.24. The van der Waals surface area contributed by atoms with Crippen LogP contribution in [0.3, 0.4) is 0 Å². The van der Waals surface area contributed by atoms with Crippen LogP contribution in [0, 0.1) is 0 Å². The van der Waals surface area contributed by atoms with Crippen LogP contribution in [0.2, 0.25) is 0 Å². The predicted octanol–water partition coefficient (Wildman–Crippen LogP) is 4.00. The highest BCUT2D eigenvalue weighted by atomic mass is 16.1. The standard InChI is InChI=1S/C14H19N3O/c1-5-11(3)15-16-17(6-2)14-9-7-13(8-10-14)12(4)18/h6-11H,2,5H2,1,3-4H3. The van der Waals surface area contributed by atoms with Crippen LogP contribution in [0.15, 0.2) is 47.4 Å². The van der Waals surface area contributed by atoms with Crippen LogP contribution >= 0.6 is 0 Å². The molecule has 96 valence electrons. The summed E-state index contributed by atoms with van der Waals surface area (Å²) in [6.45, 7) is 9.31. The molecule has 18 heavy (non-hydrogen) atoms. The minimum atomic E-state index is 0.0490. The molecule has 0 fully saturated rings. The number of hydrogen-bond acceptors (Lipinski definition) is 3. The van der Waals surface area contributed by atoms with E-state index in [4.69, 9.17) is 0 Å². The van der Waals surface area contributed by atoms with Crippen molar-refractivity contribution in [2.75, 3.05) is 5.01 Å². The van der Waals surface area contributed by atoms with Crippen molar-refractivity contribution in [3.8, 4) is 0 Å². The number of anilines is 1. The van der Waals surface area contributed by atoms with Gasteiger partial charge in [-0.1, -0.05) is 18.7 Å². The van der Waals surface area contributed by atoms with Gasteiger partial charge >= 0.3 is 0 Å². The summed E-state index contributed by atoms with van der Waals surface area (Å²) in [5.74, 6) is 0.0490. The Morgan fingerprint density at radius 1 is 1.44 bits per heavy atom. The molecule has 4 nitrogen and oxygen atoms in total. The molecule has 1 aromatic carbocycles. The maximum absolute atomic E-state index is 11.2. The van der Waals surface area contributed by atoms with E-state index in [2.05, 4.69) is 23.8 Å². The number of nitrogens with zero attached hydrogens (tertiary/aromatic N) is 3. The van der Waals surface area contributed by atoms with Crippen LogP contribution in [0.5, 0.6) is 0 Å². The third-order valence-electron chi connectivity index (χ3n) is 2.65. The van der Waals surface area contributed by atoms with E-state index in [1.807, 2.05) is 19.1 Å². The molecule has 1 rings (SSSR count). The molecule has 1 unspecified atom stereocenters. The van der Waals surface area contributed by atoms with Crippen molar-refractivity contribution in [3.63, 3.8) is 0 Å². The maximum atomic E-state index is 11.2. The SMILES string of the molecule is C=CN(N=NC(C)CC)c1ccc(C(C)=O)cc1. The smallest absolute Gasteiger partial charge is 0.159 e. The fourth-order valence-corrected chi connectivity index (χ4v) is 1.27. The van der Waals surface area contributed by atoms with Crippen LogP contribution < -0.4 is 5.01 Å². The van der Waals surface area contributed by atoms with Crippen molar-refractivity contribution in [2.24, 2.45) is 10.3 Å². The van der Waals surface area contributed by atoms with E-state index >= 15 is 0 Å². The zero-order valence-electron chi connectivity index (χ0n) is 11.1. The van der Waals surface area contributed by atoms with Gasteiger partial charge in [0.1, 0.15) is 0 Å². The minimum absolute atomic E-state index is 0.0490. The molecule has 4 heteroatoms. The van der Waals surface area contributed by atoms with E-state index in [0.29, 0.717) is 5.56 Å². The summed E-state index contributed by atoms with van der Waals surface area (Å²) in [4.78, 5) is 11.2. The van der Waals surface area contributed by atoms with Gasteiger partial charge < -0.3 is 0 Å². The van der Waals surface area contributed by atoms with Crippen LogP contribution in [0.4, 0.5) is 5.69 Å². The topological polar surface area (TPSA) is 45.0 Å². The van der Waals surface area contributed by atoms with Gasteiger partial charge in [0, 0.05) is 11.8 Å². The second-order valence-corrected chi connectivity index (χ2v) is 4.09. The molecule has 0 bridgehead atoms. The molecular formula is C14H19N3O. The average Bonchev–Trinajstić information content (AvgIpc) is 2.39. The van der Waals surface area contributed by atoms with E-state index < -0.39 is 0 Å². The summed E-state index contributed by atoms with van der Waals surface area (Å²) < 4.78 is 0. The van der Waals surface area contributed by atoms with Crippen LogP contribution in [-0.4, -0.2) is 11.8 Å². The normalized spacial score (nSPS) is 12.4. The Hall–Kier alpha value is -1.97. The van der Waals surface area contributed by atoms with Crippen molar-refractivity contribution in [1.82, 2.24) is 0 Å². The molecule has 0 aliphatic heterocycles. The number of rotatable bonds is 6. The third-order valence-corrected chi connectivity index (χ3v) is 2.65. The highest BCUT2D eigenvalue weighted by molar-refractivity contribution is 5.94. The Morgan fingerprint density at radius 3 is 2.50 bits per heavy atom. The van der Waals surface area contributed by atoms with Gasteiger partial charge in [-0.3, -0.25) is 4.79 Å². The van der Waals surface area contributed by atoms with E-state index in [-0.39, 0.29) is 11.8 Å². The lowest BCUT2D eigenvalue weighted by atomic mass is 10.1. The Morgan fingerprint density at radius 2 is 2.06 bits per heavy atom. The first kappa shape index (κ1) is 14.1. The lowest BCUT2D eigenvalue weighted by Crippen LogP contribution is -2.07. The molecular weight excluding hydrogens is 226 g/mol. The Balaban J connectivity index is 2.85. The van der Waals surface area contributed by atoms with Crippen molar-refractivity contribution in [2.45, 2.75) is 33.2 Å². The molecule has 0 amide bonds. The van der Waals surface area contributed by atoms with Gasteiger partial charge in [-0.15, -0.1) is 0 Å². The first-order valence-electron chi connectivity index (χ1n) is 6.02. The number of carbonyl (C=O) groups is 1. The minimum Gasteiger partial charge on any atom is -0.295 e. The number of carbonyl (C=O) groups excluding carboxylic acids is 1. The van der Waals surface area contributed by atoms with Crippen molar-refractivity contribution in [3.05, 3.63) is 42.6 Å². The first-order valence-corrected chi connectivity index (χ1v) is 6.02. The van der Waals surface area contributed by atoms with Crippen molar-refractivity contribution in [1.29, 1.82) is 0 Å². The first-order chi connectivity index (χ1) is 8.58. The van der Waals surface area contributed by atoms with Crippen molar-refractivity contribution < 1.29 is 4.79 Å². The van der Waals surface area contributed by atoms with Gasteiger partial charge in [0.25, 0.3) is 0 Å². The Bertz CT molecular complexity index is 437. The van der Waals surface area contributed by atoms with Crippen LogP contribution in [0.1, 0.15) is 37.6 Å². The third kappa shape index (κ3) is 3.80. The molecule has 0 spiro atoms. The van der Waals surface area contributed by atoms with E-state index in [1.165, 1.54) is 0 Å². The largest absolute Gasteiger partial charge is 0.295 e. The maximum Gasteiger partial charge on any atom is 0.159 e. The monoisotopic (exact) mass is 245 g/mol.